The van der Waals surface area contributed by atoms with Crippen LogP contribution in [0.4, 0.5) is 5.69 Å². The molecular weight excluding hydrogens is 264 g/mol. The molecule has 106 valence electrons. The minimum absolute atomic E-state index is 0.642. The molecule has 0 unspecified atom stereocenters. The highest BCUT2D eigenvalue weighted by atomic mass is 16.5. The quantitative estimate of drug-likeness (QED) is 0.752. The van der Waals surface area contributed by atoms with E-state index in [-0.39, 0.29) is 0 Å². The highest BCUT2D eigenvalue weighted by Gasteiger charge is 2.06. The van der Waals surface area contributed by atoms with Crippen molar-refractivity contribution in [1.29, 1.82) is 0 Å². The molecule has 0 aliphatic carbocycles. The van der Waals surface area contributed by atoms with Gasteiger partial charge in [0.2, 0.25) is 5.89 Å². The lowest BCUT2D eigenvalue weighted by atomic mass is 10.2. The second-order valence-corrected chi connectivity index (χ2v) is 4.69. The predicted octanol–water partition coefficient (Wildman–Crippen LogP) is 2.71. The van der Waals surface area contributed by atoms with Gasteiger partial charge in [-0.15, -0.1) is 0 Å². The molecule has 0 fully saturated rings. The molecule has 2 heterocycles. The number of benzene rings is 1. The average molecular weight is 280 g/mol. The van der Waals surface area contributed by atoms with Crippen LogP contribution in [0.25, 0.3) is 0 Å². The van der Waals surface area contributed by atoms with Crippen molar-refractivity contribution in [2.24, 2.45) is 0 Å². The third kappa shape index (κ3) is 3.89. The third-order valence-corrected chi connectivity index (χ3v) is 3.04. The Morgan fingerprint density at radius 3 is 2.76 bits per heavy atom. The van der Waals surface area contributed by atoms with Crippen LogP contribution in [-0.2, 0) is 12.8 Å². The van der Waals surface area contributed by atoms with E-state index in [1.54, 1.807) is 6.20 Å². The Labute approximate surface area is 123 Å². The molecule has 0 radical (unpaired) electrons. The number of pyridine rings is 1. The smallest absolute Gasteiger partial charge is 0.228 e. The molecule has 5 nitrogen and oxygen atoms in total. The van der Waals surface area contributed by atoms with Crippen LogP contribution in [-0.4, -0.2) is 21.7 Å². The van der Waals surface area contributed by atoms with E-state index in [1.807, 2.05) is 48.7 Å². The van der Waals surface area contributed by atoms with Gasteiger partial charge in [0.15, 0.2) is 5.82 Å². The maximum atomic E-state index is 5.25. The largest absolute Gasteiger partial charge is 0.385 e. The predicted molar refractivity (Wildman–Crippen MR) is 80.0 cm³/mol. The van der Waals surface area contributed by atoms with Crippen molar-refractivity contribution in [3.05, 3.63) is 72.1 Å². The first-order chi connectivity index (χ1) is 10.4. The van der Waals surface area contributed by atoms with E-state index in [0.717, 1.165) is 17.8 Å². The van der Waals surface area contributed by atoms with E-state index in [9.17, 15) is 0 Å². The van der Waals surface area contributed by atoms with Gasteiger partial charge in [0.05, 0.1) is 0 Å². The summed E-state index contributed by atoms with van der Waals surface area (Å²) in [7, 11) is 0. The molecule has 0 aliphatic heterocycles. The first kappa shape index (κ1) is 13.3. The standard InChI is InChI=1S/C16H16N4O/c1-2-6-14(7-3-1)18-10-8-16-19-15(20-21-16)11-13-5-4-9-17-12-13/h1-7,9,12,18H,8,10-11H2. The lowest BCUT2D eigenvalue weighted by molar-refractivity contribution is 0.376. The molecule has 1 N–H and O–H groups in total. The fourth-order valence-electron chi connectivity index (χ4n) is 2.02. The van der Waals surface area contributed by atoms with Gasteiger partial charge in [-0.05, 0) is 23.8 Å². The molecule has 3 rings (SSSR count). The summed E-state index contributed by atoms with van der Waals surface area (Å²) in [6.45, 7) is 0.762. The van der Waals surface area contributed by atoms with Gasteiger partial charge in [-0.25, -0.2) is 0 Å². The Morgan fingerprint density at radius 2 is 1.95 bits per heavy atom. The SMILES string of the molecule is c1ccc(NCCc2nc(Cc3cccnc3)no2)cc1. The maximum absolute atomic E-state index is 5.25. The second kappa shape index (κ2) is 6.65. The summed E-state index contributed by atoms with van der Waals surface area (Å²) in [5, 5.41) is 7.31. The summed E-state index contributed by atoms with van der Waals surface area (Å²) in [4.78, 5) is 8.47. The average Bonchev–Trinajstić information content (AvgIpc) is 2.97. The summed E-state index contributed by atoms with van der Waals surface area (Å²) in [5.41, 5.74) is 2.17. The van der Waals surface area contributed by atoms with Crippen LogP contribution >= 0.6 is 0 Å². The molecule has 3 aromatic rings. The number of hydrogen-bond donors (Lipinski definition) is 1. The van der Waals surface area contributed by atoms with Crippen molar-refractivity contribution in [1.82, 2.24) is 15.1 Å². The normalized spacial score (nSPS) is 10.5. The molecule has 21 heavy (non-hydrogen) atoms. The van der Waals surface area contributed by atoms with Crippen molar-refractivity contribution in [3.63, 3.8) is 0 Å². The Hall–Kier alpha value is -2.69. The summed E-state index contributed by atoms with van der Waals surface area (Å²) in [6.07, 6.45) is 4.91. The zero-order valence-corrected chi connectivity index (χ0v) is 11.6. The van der Waals surface area contributed by atoms with Gasteiger partial charge in [-0.1, -0.05) is 29.4 Å². The zero-order chi connectivity index (χ0) is 14.3. The van der Waals surface area contributed by atoms with Crippen molar-refractivity contribution >= 4 is 5.69 Å². The van der Waals surface area contributed by atoms with E-state index in [0.29, 0.717) is 24.6 Å². The lowest BCUT2D eigenvalue weighted by Gasteiger charge is -2.02. The molecule has 0 saturated heterocycles. The van der Waals surface area contributed by atoms with Gasteiger partial charge in [0.25, 0.3) is 0 Å². The first-order valence-electron chi connectivity index (χ1n) is 6.89. The minimum atomic E-state index is 0.642. The Kier molecular flexibility index (Phi) is 4.21. The summed E-state index contributed by atoms with van der Waals surface area (Å²) in [6, 6.07) is 14.0. The molecule has 1 aromatic carbocycles. The monoisotopic (exact) mass is 280 g/mol. The van der Waals surface area contributed by atoms with E-state index < -0.39 is 0 Å². The lowest BCUT2D eigenvalue weighted by Crippen LogP contribution is -2.04. The summed E-state index contributed by atoms with van der Waals surface area (Å²) >= 11 is 0. The van der Waals surface area contributed by atoms with Crippen molar-refractivity contribution in [2.45, 2.75) is 12.8 Å². The van der Waals surface area contributed by atoms with Crippen LogP contribution in [0.3, 0.4) is 0 Å². The number of anilines is 1. The molecule has 0 spiro atoms. The maximum Gasteiger partial charge on any atom is 0.228 e. The van der Waals surface area contributed by atoms with Crippen LogP contribution in [0.2, 0.25) is 0 Å². The molecule has 5 heteroatoms. The van der Waals surface area contributed by atoms with Gasteiger partial charge in [-0.2, -0.15) is 4.98 Å². The summed E-state index contributed by atoms with van der Waals surface area (Å²) in [5.74, 6) is 1.34. The van der Waals surface area contributed by atoms with Crippen LogP contribution in [0, 0.1) is 0 Å². The molecule has 0 saturated carbocycles. The van der Waals surface area contributed by atoms with Crippen molar-refractivity contribution in [2.75, 3.05) is 11.9 Å². The number of nitrogens with one attached hydrogen (secondary N) is 1. The Balaban J connectivity index is 1.51. The number of hydrogen-bond acceptors (Lipinski definition) is 5. The first-order valence-corrected chi connectivity index (χ1v) is 6.89. The van der Waals surface area contributed by atoms with Gasteiger partial charge in [0, 0.05) is 37.5 Å². The number of para-hydroxylation sites is 1. The molecule has 2 aromatic heterocycles. The topological polar surface area (TPSA) is 63.8 Å². The third-order valence-electron chi connectivity index (χ3n) is 3.04. The number of aromatic nitrogens is 3. The molecule has 0 aliphatic rings. The zero-order valence-electron chi connectivity index (χ0n) is 11.6. The minimum Gasteiger partial charge on any atom is -0.385 e. The van der Waals surface area contributed by atoms with Crippen LogP contribution in [0.5, 0.6) is 0 Å². The highest BCUT2D eigenvalue weighted by molar-refractivity contribution is 5.42. The van der Waals surface area contributed by atoms with Crippen LogP contribution in [0.15, 0.2) is 59.4 Å². The Bertz CT molecular complexity index is 667. The van der Waals surface area contributed by atoms with Crippen molar-refractivity contribution in [3.8, 4) is 0 Å². The van der Waals surface area contributed by atoms with Crippen LogP contribution < -0.4 is 5.32 Å². The molecule has 0 bridgehead atoms. The molecule has 0 atom stereocenters. The van der Waals surface area contributed by atoms with E-state index >= 15 is 0 Å². The molecular formula is C16H16N4O. The van der Waals surface area contributed by atoms with Gasteiger partial charge < -0.3 is 9.84 Å². The van der Waals surface area contributed by atoms with E-state index in [4.69, 9.17) is 4.52 Å². The summed E-state index contributed by atoms with van der Waals surface area (Å²) < 4.78 is 5.25. The number of rotatable bonds is 6. The van der Waals surface area contributed by atoms with Gasteiger partial charge >= 0.3 is 0 Å². The Morgan fingerprint density at radius 1 is 1.05 bits per heavy atom. The van der Waals surface area contributed by atoms with Crippen LogP contribution in [0.1, 0.15) is 17.3 Å². The number of nitrogens with zero attached hydrogens (tertiary/aromatic N) is 3. The van der Waals surface area contributed by atoms with Gasteiger partial charge in [-0.3, -0.25) is 4.98 Å². The fourth-order valence-corrected chi connectivity index (χ4v) is 2.02. The van der Waals surface area contributed by atoms with E-state index in [1.165, 1.54) is 0 Å². The second-order valence-electron chi connectivity index (χ2n) is 4.69. The van der Waals surface area contributed by atoms with Gasteiger partial charge in [0.1, 0.15) is 0 Å². The fraction of sp³-hybridized carbons (Fsp3) is 0.188. The molecule has 0 amide bonds. The van der Waals surface area contributed by atoms with Crippen molar-refractivity contribution < 1.29 is 4.52 Å². The van der Waals surface area contributed by atoms with E-state index in [2.05, 4.69) is 20.4 Å². The highest BCUT2D eigenvalue weighted by Crippen LogP contribution is 2.07.